The summed E-state index contributed by atoms with van der Waals surface area (Å²) in [5.41, 5.74) is 2.74. The molecule has 0 amide bonds. The molecule has 0 aromatic carbocycles. The second-order valence-corrected chi connectivity index (χ2v) is 7.01. The molecule has 13 heavy (non-hydrogen) atoms. The van der Waals surface area contributed by atoms with Crippen LogP contribution in [0.25, 0.3) is 6.08 Å². The Kier molecular flexibility index (Phi) is 2.40. The molecule has 1 aliphatic rings. The van der Waals surface area contributed by atoms with E-state index in [-0.39, 0.29) is 6.10 Å². The Bertz CT molecular complexity index is 340. The summed E-state index contributed by atoms with van der Waals surface area (Å²) in [7, 11) is -0.932. The summed E-state index contributed by atoms with van der Waals surface area (Å²) in [5, 5.41) is 2.14. The van der Waals surface area contributed by atoms with Crippen molar-refractivity contribution >= 4 is 26.5 Å². The zero-order chi connectivity index (χ0) is 9.42. The number of hydrogen-bond donors (Lipinski definition) is 0. The molecule has 1 aliphatic carbocycles. The van der Waals surface area contributed by atoms with Crippen molar-refractivity contribution in [3.63, 3.8) is 0 Å². The van der Waals surface area contributed by atoms with Gasteiger partial charge < -0.3 is 4.43 Å². The Morgan fingerprint density at radius 3 is 2.92 bits per heavy atom. The molecule has 1 nitrogen and oxygen atoms in total. The van der Waals surface area contributed by atoms with Gasteiger partial charge in [0.1, 0.15) is 0 Å². The summed E-state index contributed by atoms with van der Waals surface area (Å²) < 4.78 is 5.99. The largest absolute Gasteiger partial charge is 0.410 e. The number of hydrogen-bond acceptors (Lipinski definition) is 2. The monoisotopic (exact) mass is 210 g/mol. The third-order valence-electron chi connectivity index (χ3n) is 2.19. The molecule has 0 spiro atoms. The third-order valence-corrected chi connectivity index (χ3v) is 3.89. The van der Waals surface area contributed by atoms with Crippen molar-refractivity contribution in [3.8, 4) is 0 Å². The van der Waals surface area contributed by atoms with Crippen LogP contribution < -0.4 is 0 Å². The predicted molar refractivity (Wildman–Crippen MR) is 60.7 cm³/mol. The van der Waals surface area contributed by atoms with Gasteiger partial charge >= 0.3 is 0 Å². The smallest absolute Gasteiger partial charge is 0.172 e. The highest BCUT2D eigenvalue weighted by Gasteiger charge is 2.24. The van der Waals surface area contributed by atoms with E-state index in [1.165, 1.54) is 16.0 Å². The fraction of sp³-hybridized carbons (Fsp3) is 0.400. The standard InChI is InChI=1S/C10H14OSSi/c1-7-6-9-8(4-5-12-9)10(7)11-13(2)3/h4-6,10,13H,1-3H3. The second kappa shape index (κ2) is 3.40. The topological polar surface area (TPSA) is 9.23 Å². The van der Waals surface area contributed by atoms with Gasteiger partial charge in [-0.2, -0.15) is 0 Å². The molecule has 0 bridgehead atoms. The quantitative estimate of drug-likeness (QED) is 0.681. The first-order valence-electron chi connectivity index (χ1n) is 4.59. The summed E-state index contributed by atoms with van der Waals surface area (Å²) in [6.07, 6.45) is 2.52. The van der Waals surface area contributed by atoms with Crippen molar-refractivity contribution in [2.45, 2.75) is 26.1 Å². The number of thiophene rings is 1. The maximum atomic E-state index is 5.99. The molecule has 0 radical (unpaired) electrons. The zero-order valence-corrected chi connectivity index (χ0v) is 10.2. The molecule has 70 valence electrons. The number of rotatable bonds is 2. The maximum absolute atomic E-state index is 5.99. The number of fused-ring (bicyclic) bond motifs is 1. The Morgan fingerprint density at radius 1 is 1.46 bits per heavy atom. The Balaban J connectivity index is 2.26. The van der Waals surface area contributed by atoms with Gasteiger partial charge in [0, 0.05) is 10.4 Å². The van der Waals surface area contributed by atoms with Crippen molar-refractivity contribution in [2.75, 3.05) is 0 Å². The van der Waals surface area contributed by atoms with E-state index < -0.39 is 9.04 Å². The normalized spacial score (nSPS) is 20.6. The predicted octanol–water partition coefficient (Wildman–Crippen LogP) is 3.21. The summed E-state index contributed by atoms with van der Waals surface area (Å²) in [6, 6.07) is 2.19. The average Bonchev–Trinajstić information content (AvgIpc) is 2.55. The second-order valence-electron chi connectivity index (χ2n) is 3.69. The molecule has 0 saturated carbocycles. The lowest BCUT2D eigenvalue weighted by atomic mass is 10.1. The van der Waals surface area contributed by atoms with E-state index in [4.69, 9.17) is 4.43 Å². The van der Waals surface area contributed by atoms with Crippen LogP contribution in [0.1, 0.15) is 23.5 Å². The molecule has 1 atom stereocenters. The molecule has 0 aliphatic heterocycles. The van der Waals surface area contributed by atoms with E-state index in [1.807, 2.05) is 0 Å². The van der Waals surface area contributed by atoms with Crippen molar-refractivity contribution in [3.05, 3.63) is 27.5 Å². The average molecular weight is 210 g/mol. The third kappa shape index (κ3) is 1.64. The molecule has 2 rings (SSSR count). The van der Waals surface area contributed by atoms with Gasteiger partial charge in [0.25, 0.3) is 0 Å². The van der Waals surface area contributed by atoms with Crippen LogP contribution in [-0.4, -0.2) is 9.04 Å². The molecule has 0 fully saturated rings. The SMILES string of the molecule is CC1=Cc2sccc2C1O[SiH](C)C. The highest BCUT2D eigenvalue weighted by Crippen LogP contribution is 2.39. The molecule has 1 heterocycles. The van der Waals surface area contributed by atoms with Gasteiger partial charge in [-0.05, 0) is 43.1 Å². The Labute approximate surface area is 84.8 Å². The summed E-state index contributed by atoms with van der Waals surface area (Å²) >= 11 is 1.81. The summed E-state index contributed by atoms with van der Waals surface area (Å²) in [4.78, 5) is 1.39. The van der Waals surface area contributed by atoms with Crippen LogP contribution in [0.4, 0.5) is 0 Å². The Morgan fingerprint density at radius 2 is 2.23 bits per heavy atom. The van der Waals surface area contributed by atoms with Crippen LogP contribution in [0.5, 0.6) is 0 Å². The van der Waals surface area contributed by atoms with Crippen molar-refractivity contribution < 1.29 is 4.43 Å². The molecule has 1 aromatic rings. The van der Waals surface area contributed by atoms with E-state index in [2.05, 4.69) is 37.5 Å². The maximum Gasteiger partial charge on any atom is 0.172 e. The highest BCUT2D eigenvalue weighted by molar-refractivity contribution is 7.11. The molecular formula is C10H14OSSi. The van der Waals surface area contributed by atoms with Gasteiger partial charge in [0.15, 0.2) is 9.04 Å². The van der Waals surface area contributed by atoms with Gasteiger partial charge in [-0.1, -0.05) is 0 Å². The lowest BCUT2D eigenvalue weighted by molar-refractivity contribution is 0.252. The van der Waals surface area contributed by atoms with Crippen molar-refractivity contribution in [1.29, 1.82) is 0 Å². The van der Waals surface area contributed by atoms with E-state index in [9.17, 15) is 0 Å². The zero-order valence-electron chi connectivity index (χ0n) is 8.20. The van der Waals surface area contributed by atoms with Crippen LogP contribution >= 0.6 is 11.3 Å². The highest BCUT2D eigenvalue weighted by atomic mass is 32.1. The molecule has 1 aromatic heterocycles. The fourth-order valence-corrected chi connectivity index (χ4v) is 3.48. The minimum atomic E-state index is -0.932. The molecular weight excluding hydrogens is 196 g/mol. The van der Waals surface area contributed by atoms with Crippen LogP contribution in [0.3, 0.4) is 0 Å². The van der Waals surface area contributed by atoms with E-state index in [1.54, 1.807) is 11.3 Å². The fourth-order valence-electron chi connectivity index (χ4n) is 1.65. The lowest BCUT2D eigenvalue weighted by Crippen LogP contribution is -2.12. The van der Waals surface area contributed by atoms with Gasteiger partial charge in [-0.25, -0.2) is 0 Å². The minimum Gasteiger partial charge on any atom is -0.410 e. The van der Waals surface area contributed by atoms with Gasteiger partial charge in [-0.3, -0.25) is 0 Å². The molecule has 3 heteroatoms. The molecule has 1 unspecified atom stereocenters. The molecule has 0 N–H and O–H groups in total. The first-order chi connectivity index (χ1) is 6.18. The van der Waals surface area contributed by atoms with Crippen molar-refractivity contribution in [2.24, 2.45) is 0 Å². The van der Waals surface area contributed by atoms with Gasteiger partial charge in [-0.15, -0.1) is 11.3 Å². The first kappa shape index (κ1) is 9.18. The summed E-state index contributed by atoms with van der Waals surface area (Å²) in [5.74, 6) is 0. The van der Waals surface area contributed by atoms with E-state index in [0.29, 0.717) is 0 Å². The Hall–Kier alpha value is -0.383. The molecule has 0 saturated heterocycles. The van der Waals surface area contributed by atoms with Crippen molar-refractivity contribution in [1.82, 2.24) is 0 Å². The van der Waals surface area contributed by atoms with Crippen LogP contribution in [0.2, 0.25) is 13.1 Å². The summed E-state index contributed by atoms with van der Waals surface area (Å²) in [6.45, 7) is 6.60. The first-order valence-corrected chi connectivity index (χ1v) is 8.25. The van der Waals surface area contributed by atoms with Crippen LogP contribution in [0, 0.1) is 0 Å². The van der Waals surface area contributed by atoms with Gasteiger partial charge in [0.05, 0.1) is 6.10 Å². The van der Waals surface area contributed by atoms with Gasteiger partial charge in [0.2, 0.25) is 0 Å². The van der Waals surface area contributed by atoms with Crippen LogP contribution in [0.15, 0.2) is 17.0 Å². The van der Waals surface area contributed by atoms with E-state index in [0.717, 1.165) is 0 Å². The van der Waals surface area contributed by atoms with Crippen LogP contribution in [-0.2, 0) is 4.43 Å². The minimum absolute atomic E-state index is 0.271. The van der Waals surface area contributed by atoms with E-state index >= 15 is 0 Å². The lowest BCUT2D eigenvalue weighted by Gasteiger charge is -2.17.